The van der Waals surface area contributed by atoms with Crippen molar-refractivity contribution >= 4 is 23.2 Å². The van der Waals surface area contributed by atoms with Crippen LogP contribution in [0.15, 0.2) is 29.6 Å². The number of rotatable bonds is 6. The number of carbonyl (C=O) groups is 2. The SMILES string of the molecule is Cc1nc(COc2ccccc2C(=O)OCC(=O)N2CCC(C)CC2)cs1. The van der Waals surface area contributed by atoms with Crippen molar-refractivity contribution in [3.8, 4) is 5.75 Å². The second-order valence-corrected chi connectivity index (χ2v) is 7.84. The van der Waals surface area contributed by atoms with E-state index in [0.29, 0.717) is 17.2 Å². The summed E-state index contributed by atoms with van der Waals surface area (Å²) in [4.78, 5) is 30.8. The zero-order valence-electron chi connectivity index (χ0n) is 15.6. The highest BCUT2D eigenvalue weighted by Crippen LogP contribution is 2.21. The van der Waals surface area contributed by atoms with Gasteiger partial charge in [0, 0.05) is 18.5 Å². The molecule has 1 saturated heterocycles. The average molecular weight is 388 g/mol. The fourth-order valence-corrected chi connectivity index (χ4v) is 3.54. The van der Waals surface area contributed by atoms with Crippen molar-refractivity contribution in [2.75, 3.05) is 19.7 Å². The Bertz CT molecular complexity index is 797. The van der Waals surface area contributed by atoms with Gasteiger partial charge in [-0.25, -0.2) is 9.78 Å². The highest BCUT2D eigenvalue weighted by atomic mass is 32.1. The van der Waals surface area contributed by atoms with Gasteiger partial charge in [0.2, 0.25) is 0 Å². The summed E-state index contributed by atoms with van der Waals surface area (Å²) < 4.78 is 11.0. The summed E-state index contributed by atoms with van der Waals surface area (Å²) in [6.07, 6.45) is 1.99. The molecule has 0 N–H and O–H groups in total. The summed E-state index contributed by atoms with van der Waals surface area (Å²) in [6.45, 7) is 5.60. The first-order valence-corrected chi connectivity index (χ1v) is 9.98. The fraction of sp³-hybridized carbons (Fsp3) is 0.450. The highest BCUT2D eigenvalue weighted by Gasteiger charge is 2.22. The van der Waals surface area contributed by atoms with Gasteiger partial charge >= 0.3 is 5.97 Å². The number of hydrogen-bond donors (Lipinski definition) is 0. The largest absolute Gasteiger partial charge is 0.486 e. The number of ether oxygens (including phenoxy) is 2. The number of nitrogens with zero attached hydrogens (tertiary/aromatic N) is 2. The van der Waals surface area contributed by atoms with Gasteiger partial charge in [-0.15, -0.1) is 11.3 Å². The van der Waals surface area contributed by atoms with E-state index in [1.807, 2.05) is 12.3 Å². The monoisotopic (exact) mass is 388 g/mol. The number of piperidine rings is 1. The van der Waals surface area contributed by atoms with Crippen molar-refractivity contribution in [2.45, 2.75) is 33.3 Å². The third kappa shape index (κ3) is 5.29. The predicted molar refractivity (Wildman–Crippen MR) is 103 cm³/mol. The van der Waals surface area contributed by atoms with E-state index < -0.39 is 5.97 Å². The van der Waals surface area contributed by atoms with E-state index in [1.54, 1.807) is 40.5 Å². The lowest BCUT2D eigenvalue weighted by atomic mass is 9.99. The molecular formula is C20H24N2O4S. The number of amides is 1. The maximum atomic E-state index is 12.4. The summed E-state index contributed by atoms with van der Waals surface area (Å²) in [5.74, 6) is 0.361. The number of carbonyl (C=O) groups excluding carboxylic acids is 2. The van der Waals surface area contributed by atoms with Gasteiger partial charge in [0.05, 0.1) is 10.7 Å². The summed E-state index contributed by atoms with van der Waals surface area (Å²) in [5.41, 5.74) is 1.12. The van der Waals surface area contributed by atoms with E-state index in [4.69, 9.17) is 9.47 Å². The van der Waals surface area contributed by atoms with Crippen molar-refractivity contribution in [3.63, 3.8) is 0 Å². The van der Waals surface area contributed by atoms with Gasteiger partial charge in [0.1, 0.15) is 17.9 Å². The molecule has 3 rings (SSSR count). The maximum absolute atomic E-state index is 12.4. The van der Waals surface area contributed by atoms with Gasteiger partial charge in [-0.3, -0.25) is 4.79 Å². The lowest BCUT2D eigenvalue weighted by molar-refractivity contribution is -0.135. The molecule has 1 aromatic heterocycles. The molecule has 0 radical (unpaired) electrons. The van der Waals surface area contributed by atoms with Crippen molar-refractivity contribution in [3.05, 3.63) is 45.9 Å². The molecule has 2 aromatic rings. The molecule has 1 aliphatic heterocycles. The lowest BCUT2D eigenvalue weighted by Crippen LogP contribution is -2.40. The number of hydrogen-bond acceptors (Lipinski definition) is 6. The van der Waals surface area contributed by atoms with Crippen LogP contribution in [0.5, 0.6) is 5.75 Å². The first-order chi connectivity index (χ1) is 13.0. The van der Waals surface area contributed by atoms with Gasteiger partial charge in [-0.05, 0) is 37.8 Å². The number of likely N-dealkylation sites (tertiary alicyclic amines) is 1. The Labute approximate surface area is 163 Å². The molecule has 0 aliphatic carbocycles. The Hall–Kier alpha value is -2.41. The summed E-state index contributed by atoms with van der Waals surface area (Å²) in [7, 11) is 0. The van der Waals surface area contributed by atoms with Gasteiger partial charge < -0.3 is 14.4 Å². The van der Waals surface area contributed by atoms with Gasteiger partial charge in [-0.2, -0.15) is 0 Å². The third-order valence-electron chi connectivity index (χ3n) is 4.61. The van der Waals surface area contributed by atoms with Crippen LogP contribution < -0.4 is 4.74 Å². The van der Waals surface area contributed by atoms with E-state index in [2.05, 4.69) is 11.9 Å². The molecule has 2 heterocycles. The number of para-hydroxylation sites is 1. The van der Waals surface area contributed by atoms with Crippen LogP contribution in [0.3, 0.4) is 0 Å². The Kier molecular flexibility index (Phi) is 6.45. The molecule has 0 atom stereocenters. The molecule has 0 saturated carbocycles. The quantitative estimate of drug-likeness (QED) is 0.709. The number of esters is 1. The van der Waals surface area contributed by atoms with E-state index >= 15 is 0 Å². The smallest absolute Gasteiger partial charge is 0.342 e. The molecule has 0 bridgehead atoms. The summed E-state index contributed by atoms with van der Waals surface area (Å²) >= 11 is 1.55. The minimum absolute atomic E-state index is 0.147. The summed E-state index contributed by atoms with van der Waals surface area (Å²) in [6, 6.07) is 6.88. The molecule has 1 amide bonds. The van der Waals surface area contributed by atoms with Crippen LogP contribution in [0, 0.1) is 12.8 Å². The van der Waals surface area contributed by atoms with Gasteiger partial charge in [0.25, 0.3) is 5.91 Å². The summed E-state index contributed by atoms with van der Waals surface area (Å²) in [5, 5.41) is 2.89. The third-order valence-corrected chi connectivity index (χ3v) is 5.43. The van der Waals surface area contributed by atoms with Crippen molar-refractivity contribution in [1.82, 2.24) is 9.88 Å². The van der Waals surface area contributed by atoms with Crippen LogP contribution in [0.1, 0.15) is 40.8 Å². The molecule has 1 aromatic carbocycles. The second kappa shape index (κ2) is 8.99. The first-order valence-electron chi connectivity index (χ1n) is 9.10. The van der Waals surface area contributed by atoms with Crippen LogP contribution in [0.2, 0.25) is 0 Å². The number of aromatic nitrogens is 1. The Balaban J connectivity index is 1.55. The predicted octanol–water partition coefficient (Wildman–Crippen LogP) is 3.45. The fourth-order valence-electron chi connectivity index (χ4n) is 2.94. The highest BCUT2D eigenvalue weighted by molar-refractivity contribution is 7.09. The van der Waals surface area contributed by atoms with E-state index in [9.17, 15) is 9.59 Å². The van der Waals surface area contributed by atoms with Crippen LogP contribution >= 0.6 is 11.3 Å². The Morgan fingerprint density at radius 2 is 2.00 bits per heavy atom. The number of thiazole rings is 1. The van der Waals surface area contributed by atoms with Crippen LogP contribution in [-0.2, 0) is 16.1 Å². The van der Waals surface area contributed by atoms with E-state index in [1.165, 1.54) is 0 Å². The van der Waals surface area contributed by atoms with Crippen LogP contribution in [0.4, 0.5) is 0 Å². The molecule has 0 spiro atoms. The van der Waals surface area contributed by atoms with Gasteiger partial charge in [0.15, 0.2) is 6.61 Å². The first kappa shape index (κ1) is 19.4. The van der Waals surface area contributed by atoms with E-state index in [-0.39, 0.29) is 19.1 Å². The molecule has 0 unspecified atom stereocenters. The number of benzene rings is 1. The Morgan fingerprint density at radius 3 is 2.70 bits per heavy atom. The zero-order valence-corrected chi connectivity index (χ0v) is 16.5. The molecule has 27 heavy (non-hydrogen) atoms. The zero-order chi connectivity index (χ0) is 19.2. The normalized spacial score (nSPS) is 14.8. The van der Waals surface area contributed by atoms with Gasteiger partial charge in [-0.1, -0.05) is 19.1 Å². The second-order valence-electron chi connectivity index (χ2n) is 6.78. The van der Waals surface area contributed by atoms with Crippen molar-refractivity contribution < 1.29 is 19.1 Å². The standard InChI is InChI=1S/C20H24N2O4S/c1-14-7-9-22(10-8-14)19(23)12-26-20(24)17-5-3-4-6-18(17)25-11-16-13-27-15(2)21-16/h3-6,13-14H,7-12H2,1-2H3. The van der Waals surface area contributed by atoms with Crippen LogP contribution in [-0.4, -0.2) is 41.5 Å². The van der Waals surface area contributed by atoms with E-state index in [0.717, 1.165) is 36.6 Å². The minimum atomic E-state index is -0.557. The molecule has 6 nitrogen and oxygen atoms in total. The van der Waals surface area contributed by atoms with Crippen LogP contribution in [0.25, 0.3) is 0 Å². The molecule has 144 valence electrons. The topological polar surface area (TPSA) is 68.7 Å². The Morgan fingerprint density at radius 1 is 1.26 bits per heavy atom. The minimum Gasteiger partial charge on any atom is -0.486 e. The number of aryl methyl sites for hydroxylation is 1. The van der Waals surface area contributed by atoms with Crippen molar-refractivity contribution in [1.29, 1.82) is 0 Å². The molecular weight excluding hydrogens is 364 g/mol. The average Bonchev–Trinajstić information content (AvgIpc) is 3.10. The molecule has 7 heteroatoms. The maximum Gasteiger partial charge on any atom is 0.342 e. The molecule has 1 fully saturated rings. The lowest BCUT2D eigenvalue weighted by Gasteiger charge is -2.30. The molecule has 1 aliphatic rings. The van der Waals surface area contributed by atoms with Crippen molar-refractivity contribution in [2.24, 2.45) is 5.92 Å².